The van der Waals surface area contributed by atoms with Crippen molar-refractivity contribution in [2.24, 2.45) is 0 Å². The van der Waals surface area contributed by atoms with Gasteiger partial charge < -0.3 is 19.3 Å². The molecule has 5 aliphatic rings. The zero-order valence-corrected chi connectivity index (χ0v) is 13.5. The van der Waals surface area contributed by atoms with Gasteiger partial charge in [-0.1, -0.05) is 0 Å². The lowest BCUT2D eigenvalue weighted by atomic mass is 10.0. The highest BCUT2D eigenvalue weighted by atomic mass is 16.5. The smallest absolute Gasteiger partial charge is 0.247 e. The number of carbonyl (C=O) groups excluding carboxylic acids is 4. The van der Waals surface area contributed by atoms with E-state index in [4.69, 9.17) is 9.47 Å². The fourth-order valence-electron chi connectivity index (χ4n) is 4.42. The molecule has 0 N–H and O–H groups in total. The van der Waals surface area contributed by atoms with E-state index in [-0.39, 0.29) is 36.2 Å². The molecule has 5 aliphatic heterocycles. The summed E-state index contributed by atoms with van der Waals surface area (Å²) in [6, 6.07) is -3.23. The minimum absolute atomic E-state index is 0.220. The summed E-state index contributed by atoms with van der Waals surface area (Å²) in [4.78, 5) is 53.9. The Bertz CT molecular complexity index is 810. The van der Waals surface area contributed by atoms with Crippen LogP contribution in [0.3, 0.4) is 0 Å². The van der Waals surface area contributed by atoms with Crippen LogP contribution in [0.25, 0.3) is 0 Å². The Labute approximate surface area is 148 Å². The van der Waals surface area contributed by atoms with E-state index >= 15 is 0 Å². The largest absolute Gasteiger partial charge is 0.472 e. The van der Waals surface area contributed by atoms with Gasteiger partial charge in [0.15, 0.2) is 11.6 Å². The Morgan fingerprint density at radius 2 is 1.15 bits per heavy atom. The molecule has 0 aromatic heterocycles. The van der Waals surface area contributed by atoms with E-state index < -0.39 is 24.2 Å². The van der Waals surface area contributed by atoms with E-state index in [0.29, 0.717) is 11.1 Å². The van der Waals surface area contributed by atoms with Crippen molar-refractivity contribution in [2.75, 3.05) is 0 Å². The number of fused-ring (bicyclic) bond motifs is 6. The van der Waals surface area contributed by atoms with Crippen molar-refractivity contribution in [2.45, 2.75) is 37.0 Å². The average Bonchev–Trinajstić information content (AvgIpc) is 3.08. The lowest BCUT2D eigenvalue weighted by Crippen LogP contribution is -2.65. The second kappa shape index (κ2) is 5.17. The molecule has 2 amide bonds. The third-order valence-electron chi connectivity index (χ3n) is 5.47. The van der Waals surface area contributed by atoms with Crippen LogP contribution in [0.15, 0.2) is 48.3 Å². The molecule has 0 radical (unpaired) electrons. The molecule has 26 heavy (non-hydrogen) atoms. The van der Waals surface area contributed by atoms with Crippen LogP contribution in [0.5, 0.6) is 0 Å². The number of amides is 2. The van der Waals surface area contributed by atoms with E-state index in [1.165, 1.54) is 47.0 Å². The number of ether oxygens (including phenoxy) is 2. The van der Waals surface area contributed by atoms with Gasteiger partial charge in [0.2, 0.25) is 11.8 Å². The van der Waals surface area contributed by atoms with E-state index in [1.54, 1.807) is 0 Å². The summed E-state index contributed by atoms with van der Waals surface area (Å²) in [5.74, 6) is -1.23. The maximum absolute atomic E-state index is 13.2. The minimum atomic E-state index is -0.816. The lowest BCUT2D eigenvalue weighted by molar-refractivity contribution is -0.162. The van der Waals surface area contributed by atoms with E-state index in [2.05, 4.69) is 0 Å². The van der Waals surface area contributed by atoms with Crippen LogP contribution in [0.4, 0.5) is 0 Å². The van der Waals surface area contributed by atoms with E-state index in [9.17, 15) is 19.2 Å². The van der Waals surface area contributed by atoms with Gasteiger partial charge in [0, 0.05) is 25.0 Å². The van der Waals surface area contributed by atoms with E-state index in [1.807, 2.05) is 0 Å². The zero-order chi connectivity index (χ0) is 18.0. The third kappa shape index (κ3) is 1.84. The molecule has 132 valence electrons. The molecule has 0 aliphatic carbocycles. The summed E-state index contributed by atoms with van der Waals surface area (Å²) in [6.07, 6.45) is 8.37. The Balaban J connectivity index is 1.58. The monoisotopic (exact) mass is 354 g/mol. The highest BCUT2D eigenvalue weighted by molar-refractivity contribution is 6.09. The van der Waals surface area contributed by atoms with Gasteiger partial charge in [-0.3, -0.25) is 19.2 Å². The zero-order valence-electron chi connectivity index (χ0n) is 13.5. The summed E-state index contributed by atoms with van der Waals surface area (Å²) in [5.41, 5.74) is 1.19. The normalized spacial score (nSPS) is 34.8. The molecule has 8 nitrogen and oxygen atoms in total. The van der Waals surface area contributed by atoms with Crippen LogP contribution < -0.4 is 0 Å². The van der Waals surface area contributed by atoms with Crippen molar-refractivity contribution >= 4 is 23.4 Å². The van der Waals surface area contributed by atoms with Crippen LogP contribution in [0.1, 0.15) is 12.8 Å². The second-order valence-electron chi connectivity index (χ2n) is 6.80. The van der Waals surface area contributed by atoms with Gasteiger partial charge in [0.25, 0.3) is 0 Å². The second-order valence-corrected chi connectivity index (χ2v) is 6.80. The Hall–Kier alpha value is -3.16. The predicted molar refractivity (Wildman–Crippen MR) is 84.7 cm³/mol. The number of ketones is 2. The van der Waals surface area contributed by atoms with Crippen LogP contribution in [0.2, 0.25) is 0 Å². The molecule has 0 saturated carbocycles. The van der Waals surface area contributed by atoms with Gasteiger partial charge in [-0.05, 0) is 11.1 Å². The molecule has 0 aromatic rings. The first-order valence-electron chi connectivity index (χ1n) is 8.32. The van der Waals surface area contributed by atoms with Crippen molar-refractivity contribution in [3.8, 4) is 0 Å². The first-order chi connectivity index (χ1) is 12.6. The Kier molecular flexibility index (Phi) is 3.01. The average molecular weight is 354 g/mol. The Morgan fingerprint density at radius 1 is 0.731 bits per heavy atom. The molecule has 8 heteroatoms. The first-order valence-corrected chi connectivity index (χ1v) is 8.32. The number of nitrogens with zero attached hydrogens (tertiary/aromatic N) is 2. The standard InChI is InChI=1S/C18H14N2O6/c21-13-1-3-25-7-9-5-11-18(24)20-12(17(23)19(11)15(9)13)6-10-8-26-4-2-14(22)16(10)20/h1-4,7-8,11-12,15-16H,5-6H2/t11-,12-,15-,16-/m0/s1. The highest BCUT2D eigenvalue weighted by Crippen LogP contribution is 2.42. The fraction of sp³-hybridized carbons (Fsp3) is 0.333. The van der Waals surface area contributed by atoms with Gasteiger partial charge in [0.05, 0.1) is 25.0 Å². The molecule has 0 unspecified atom stereocenters. The number of hydrogen-bond donors (Lipinski definition) is 0. The summed E-state index contributed by atoms with van der Waals surface area (Å²) in [5, 5.41) is 0. The lowest BCUT2D eigenvalue weighted by Gasteiger charge is -2.41. The molecule has 5 heterocycles. The molecular formula is C18H14N2O6. The molecule has 4 atom stereocenters. The van der Waals surface area contributed by atoms with Crippen molar-refractivity contribution in [3.63, 3.8) is 0 Å². The SMILES string of the molecule is O=C1C=COC=C2C[C@H]3C(=O)N4[C@@H]5C(=O)C=COC=C5C[C@H]4C(=O)N3[C@H]12. The van der Waals surface area contributed by atoms with Crippen molar-refractivity contribution in [1.29, 1.82) is 0 Å². The molecule has 3 fully saturated rings. The van der Waals surface area contributed by atoms with Crippen LogP contribution >= 0.6 is 0 Å². The molecule has 5 rings (SSSR count). The van der Waals surface area contributed by atoms with Crippen LogP contribution in [-0.4, -0.2) is 57.3 Å². The number of piperazine rings is 1. The molecule has 0 spiro atoms. The quantitative estimate of drug-likeness (QED) is 0.605. The van der Waals surface area contributed by atoms with Crippen molar-refractivity contribution in [1.82, 2.24) is 9.80 Å². The molecule has 0 aromatic carbocycles. The third-order valence-corrected chi connectivity index (χ3v) is 5.47. The fourth-order valence-corrected chi connectivity index (χ4v) is 4.42. The highest BCUT2D eigenvalue weighted by Gasteiger charge is 2.60. The summed E-state index contributed by atoms with van der Waals surface area (Å²) < 4.78 is 10.3. The van der Waals surface area contributed by atoms with Gasteiger partial charge in [-0.2, -0.15) is 0 Å². The number of rotatable bonds is 0. The maximum atomic E-state index is 13.2. The Morgan fingerprint density at radius 3 is 1.58 bits per heavy atom. The minimum Gasteiger partial charge on any atom is -0.472 e. The number of carbonyl (C=O) groups is 4. The van der Waals surface area contributed by atoms with E-state index in [0.717, 1.165) is 0 Å². The topological polar surface area (TPSA) is 93.2 Å². The molecular weight excluding hydrogens is 340 g/mol. The van der Waals surface area contributed by atoms with Gasteiger partial charge in [0.1, 0.15) is 24.2 Å². The van der Waals surface area contributed by atoms with Crippen molar-refractivity contribution in [3.05, 3.63) is 48.3 Å². The van der Waals surface area contributed by atoms with Crippen LogP contribution in [0, 0.1) is 0 Å². The van der Waals surface area contributed by atoms with Gasteiger partial charge in [-0.15, -0.1) is 0 Å². The first kappa shape index (κ1) is 15.1. The number of hydrogen-bond acceptors (Lipinski definition) is 6. The van der Waals surface area contributed by atoms with Gasteiger partial charge >= 0.3 is 0 Å². The molecule has 3 saturated heterocycles. The maximum Gasteiger partial charge on any atom is 0.247 e. The summed E-state index contributed by atoms with van der Waals surface area (Å²) in [7, 11) is 0. The summed E-state index contributed by atoms with van der Waals surface area (Å²) >= 11 is 0. The van der Waals surface area contributed by atoms with Crippen molar-refractivity contribution < 1.29 is 28.7 Å². The van der Waals surface area contributed by atoms with Gasteiger partial charge in [-0.25, -0.2) is 0 Å². The predicted octanol–water partition coefficient (Wildman–Crippen LogP) is -0.0672. The summed E-state index contributed by atoms with van der Waals surface area (Å²) in [6.45, 7) is 0. The molecule has 0 bridgehead atoms. The van der Waals surface area contributed by atoms with Crippen LogP contribution in [-0.2, 0) is 28.7 Å².